The molecule has 29 heavy (non-hydrogen) atoms. The van der Waals surface area contributed by atoms with E-state index in [-0.39, 0.29) is 6.09 Å². The molecule has 0 unspecified atom stereocenters. The van der Waals surface area contributed by atoms with Crippen LogP contribution in [0.1, 0.15) is 25.3 Å². The molecule has 3 heterocycles. The first-order valence-electron chi connectivity index (χ1n) is 10.5. The molecule has 1 amide bonds. The third-order valence-electron chi connectivity index (χ3n) is 5.59. The summed E-state index contributed by atoms with van der Waals surface area (Å²) in [6.07, 6.45) is 4.20. The van der Waals surface area contributed by atoms with Crippen LogP contribution in [0.4, 0.5) is 4.79 Å². The number of fused-ring (bicyclic) bond motifs is 2. The number of piperazine rings is 1. The second-order valence-corrected chi connectivity index (χ2v) is 7.71. The van der Waals surface area contributed by atoms with Crippen molar-refractivity contribution in [1.29, 1.82) is 0 Å². The van der Waals surface area contributed by atoms with Gasteiger partial charge in [0.1, 0.15) is 6.67 Å². The molecular formula is C21H30N6O2. The Bertz CT molecular complexity index is 891. The minimum absolute atomic E-state index is 0.183. The van der Waals surface area contributed by atoms with E-state index >= 15 is 0 Å². The van der Waals surface area contributed by atoms with Crippen LogP contribution in [0.3, 0.4) is 0 Å². The number of guanidine groups is 1. The number of nitrogens with zero attached hydrogens (tertiary/aromatic N) is 6. The number of aliphatic imine (C=N–C) groups is 1. The fourth-order valence-electron chi connectivity index (χ4n) is 3.93. The lowest BCUT2D eigenvalue weighted by Crippen LogP contribution is -2.49. The summed E-state index contributed by atoms with van der Waals surface area (Å²) in [7, 11) is 0. The lowest BCUT2D eigenvalue weighted by molar-refractivity contribution is 0.0780. The Labute approximate surface area is 171 Å². The van der Waals surface area contributed by atoms with Crippen LogP contribution < -0.4 is 10.6 Å². The van der Waals surface area contributed by atoms with Crippen LogP contribution in [0.5, 0.6) is 0 Å². The molecule has 0 spiro atoms. The predicted molar refractivity (Wildman–Crippen MR) is 112 cm³/mol. The number of aryl methyl sites for hydroxylation is 1. The summed E-state index contributed by atoms with van der Waals surface area (Å²) in [5.74, 6) is 0.788. The Kier molecular flexibility index (Phi) is 6.10. The van der Waals surface area contributed by atoms with Crippen molar-refractivity contribution in [3.8, 4) is 0 Å². The fraction of sp³-hybridized carbons (Fsp3) is 0.571. The van der Waals surface area contributed by atoms with Crippen LogP contribution >= 0.6 is 0 Å². The van der Waals surface area contributed by atoms with Gasteiger partial charge in [-0.25, -0.2) is 19.8 Å². The maximum absolute atomic E-state index is 11.8. The average Bonchev–Trinajstić information content (AvgIpc) is 3.12. The van der Waals surface area contributed by atoms with Crippen LogP contribution in [-0.4, -0.2) is 84.4 Å². The molecule has 0 saturated carbocycles. The molecule has 1 aromatic rings. The van der Waals surface area contributed by atoms with Crippen LogP contribution in [0, 0.1) is 6.92 Å². The van der Waals surface area contributed by atoms with Crippen molar-refractivity contribution >= 4 is 18.3 Å². The highest BCUT2D eigenvalue weighted by Crippen LogP contribution is 2.14. The third kappa shape index (κ3) is 4.59. The summed E-state index contributed by atoms with van der Waals surface area (Å²) >= 11 is 0. The van der Waals surface area contributed by atoms with Crippen LogP contribution in [0.25, 0.3) is 6.20 Å². The predicted octanol–water partition coefficient (Wildman–Crippen LogP) is 0.767. The van der Waals surface area contributed by atoms with E-state index in [2.05, 4.69) is 56.2 Å². The number of hydrazine groups is 1. The van der Waals surface area contributed by atoms with E-state index in [1.165, 1.54) is 5.56 Å². The Balaban J connectivity index is 1.21. The van der Waals surface area contributed by atoms with Crippen molar-refractivity contribution < 1.29 is 9.53 Å². The van der Waals surface area contributed by atoms with E-state index in [4.69, 9.17) is 4.74 Å². The van der Waals surface area contributed by atoms with E-state index in [0.717, 1.165) is 68.6 Å². The van der Waals surface area contributed by atoms with Gasteiger partial charge in [-0.1, -0.05) is 11.6 Å². The summed E-state index contributed by atoms with van der Waals surface area (Å²) in [5.41, 5.74) is 1.24. The number of hydrogen-bond acceptors (Lipinski definition) is 7. The minimum Gasteiger partial charge on any atom is -0.450 e. The van der Waals surface area contributed by atoms with Gasteiger partial charge in [-0.05, 0) is 45.4 Å². The van der Waals surface area contributed by atoms with E-state index in [1.807, 2.05) is 6.92 Å². The van der Waals surface area contributed by atoms with Crippen molar-refractivity contribution in [3.63, 3.8) is 0 Å². The normalized spacial score (nSPS) is 19.2. The van der Waals surface area contributed by atoms with E-state index < -0.39 is 0 Å². The van der Waals surface area contributed by atoms with Gasteiger partial charge >= 0.3 is 6.09 Å². The van der Waals surface area contributed by atoms with Crippen molar-refractivity contribution in [1.82, 2.24) is 19.8 Å². The summed E-state index contributed by atoms with van der Waals surface area (Å²) in [5, 5.41) is 6.49. The molecule has 156 valence electrons. The third-order valence-corrected chi connectivity index (χ3v) is 5.59. The zero-order chi connectivity index (χ0) is 20.2. The van der Waals surface area contributed by atoms with E-state index in [9.17, 15) is 4.79 Å². The van der Waals surface area contributed by atoms with Crippen LogP contribution in [0.15, 0.2) is 28.2 Å². The highest BCUT2D eigenvalue weighted by Gasteiger charge is 2.25. The van der Waals surface area contributed by atoms with Crippen molar-refractivity contribution in [3.05, 3.63) is 34.3 Å². The molecule has 4 rings (SSSR count). The second kappa shape index (κ2) is 8.92. The molecule has 1 fully saturated rings. The lowest BCUT2D eigenvalue weighted by atomic mass is 10.2. The van der Waals surface area contributed by atoms with E-state index in [1.54, 1.807) is 4.90 Å². The standard InChI is InChI=1S/C21H30N6O2/c1-3-29-21(28)25-12-10-24(11-13-25)8-4-5-9-26-16-22-20-23-19-7-6-17(2)14-18(19)15-27(20)26/h6-7,14-15H,3-5,8-13,16H2,1-2H3. The van der Waals surface area contributed by atoms with Gasteiger partial charge in [0, 0.05) is 44.1 Å². The number of ether oxygens (including phenoxy) is 1. The maximum atomic E-state index is 11.8. The van der Waals surface area contributed by atoms with Gasteiger partial charge in [-0.2, -0.15) is 5.01 Å². The maximum Gasteiger partial charge on any atom is 0.409 e. The number of benzene rings is 1. The molecule has 0 radical (unpaired) electrons. The van der Waals surface area contributed by atoms with Crippen molar-refractivity contribution in [2.24, 2.45) is 9.98 Å². The second-order valence-electron chi connectivity index (χ2n) is 7.71. The molecule has 1 saturated heterocycles. The number of carbonyl (C=O) groups excluding carboxylic acids is 1. The SMILES string of the molecule is CCOC(=O)N1CCN(CCCCN2CN=C3N=c4ccc(C)cc4=CN32)CC1. The smallest absolute Gasteiger partial charge is 0.409 e. The Morgan fingerprint density at radius 1 is 1.14 bits per heavy atom. The van der Waals surface area contributed by atoms with Crippen LogP contribution in [-0.2, 0) is 4.74 Å². The summed E-state index contributed by atoms with van der Waals surface area (Å²) in [6, 6.07) is 6.32. The summed E-state index contributed by atoms with van der Waals surface area (Å²) in [4.78, 5) is 25.3. The molecule has 8 nitrogen and oxygen atoms in total. The molecule has 1 aromatic carbocycles. The van der Waals surface area contributed by atoms with Gasteiger partial charge in [0.05, 0.1) is 12.0 Å². The molecule has 0 atom stereocenters. The van der Waals surface area contributed by atoms with Crippen LogP contribution in [0.2, 0.25) is 0 Å². The Morgan fingerprint density at radius 3 is 2.72 bits per heavy atom. The van der Waals surface area contributed by atoms with Gasteiger partial charge in [-0.3, -0.25) is 4.90 Å². The number of rotatable bonds is 6. The zero-order valence-electron chi connectivity index (χ0n) is 17.4. The first-order valence-corrected chi connectivity index (χ1v) is 10.5. The minimum atomic E-state index is -0.183. The quantitative estimate of drug-likeness (QED) is 0.663. The number of hydrogen-bond donors (Lipinski definition) is 0. The molecule has 3 aliphatic rings. The van der Waals surface area contributed by atoms with Gasteiger partial charge < -0.3 is 9.64 Å². The highest BCUT2D eigenvalue weighted by atomic mass is 16.6. The molecule has 3 aliphatic heterocycles. The van der Waals surface area contributed by atoms with Gasteiger partial charge in [0.25, 0.3) is 0 Å². The summed E-state index contributed by atoms with van der Waals surface area (Å²) < 4.78 is 5.08. The largest absolute Gasteiger partial charge is 0.450 e. The highest BCUT2D eigenvalue weighted by molar-refractivity contribution is 5.86. The molecule has 0 aromatic heterocycles. The van der Waals surface area contributed by atoms with Gasteiger partial charge in [0.15, 0.2) is 0 Å². The number of amides is 1. The van der Waals surface area contributed by atoms with Crippen molar-refractivity contribution in [2.45, 2.75) is 26.7 Å². The monoisotopic (exact) mass is 398 g/mol. The zero-order valence-corrected chi connectivity index (χ0v) is 17.4. The Hall–Kier alpha value is -2.45. The first-order chi connectivity index (χ1) is 14.1. The topological polar surface area (TPSA) is 64.0 Å². The molecule has 0 aliphatic carbocycles. The van der Waals surface area contributed by atoms with Gasteiger partial charge in [0.2, 0.25) is 5.96 Å². The lowest BCUT2D eigenvalue weighted by Gasteiger charge is -2.34. The molecule has 0 bridgehead atoms. The number of unbranched alkanes of at least 4 members (excludes halogenated alkanes) is 1. The molecule has 8 heteroatoms. The van der Waals surface area contributed by atoms with E-state index in [0.29, 0.717) is 13.3 Å². The number of carbonyl (C=O) groups is 1. The fourth-order valence-corrected chi connectivity index (χ4v) is 3.93. The average molecular weight is 399 g/mol. The van der Waals surface area contributed by atoms with Gasteiger partial charge in [-0.15, -0.1) is 0 Å². The summed E-state index contributed by atoms with van der Waals surface area (Å²) in [6.45, 7) is 10.4. The molecule has 0 N–H and O–H groups in total. The first kappa shape index (κ1) is 19.8. The van der Waals surface area contributed by atoms with Crippen molar-refractivity contribution in [2.75, 3.05) is 52.5 Å². The Morgan fingerprint density at radius 2 is 1.93 bits per heavy atom. The molecular weight excluding hydrogens is 368 g/mol.